The standard InChI is InChI=1S/C24H34O5/c1-13(4-7-21(28)29)16-5-6-17-22-18(12-20(27)24(16,17)3)23(2)9-8-15(25)10-14(23)11-19(22)26/h8-9,12-16,19-20,25-27H,4-7,10-11H2,1-3H3,(H,28,29)/t13-,14+,15-,16-,19-,20+,23+,24-/m1/s1. The Balaban J connectivity index is 1.74. The number of carbonyl (C=O) groups is 1. The van der Waals surface area contributed by atoms with E-state index in [1.165, 1.54) is 5.57 Å². The van der Waals surface area contributed by atoms with Gasteiger partial charge in [-0.3, -0.25) is 4.79 Å². The predicted molar refractivity (Wildman–Crippen MR) is 110 cm³/mol. The van der Waals surface area contributed by atoms with Crippen LogP contribution in [0.4, 0.5) is 0 Å². The molecule has 8 atom stereocenters. The molecule has 5 heteroatoms. The van der Waals surface area contributed by atoms with Crippen molar-refractivity contribution in [1.29, 1.82) is 0 Å². The molecule has 4 aliphatic carbocycles. The molecule has 0 heterocycles. The molecule has 0 spiro atoms. The number of hydrogen-bond donors (Lipinski definition) is 4. The molecule has 0 radical (unpaired) electrons. The van der Waals surface area contributed by atoms with Gasteiger partial charge in [0.1, 0.15) is 0 Å². The van der Waals surface area contributed by atoms with Crippen LogP contribution in [0.3, 0.4) is 0 Å². The van der Waals surface area contributed by atoms with Gasteiger partial charge in [-0.05, 0) is 61.0 Å². The lowest BCUT2D eigenvalue weighted by atomic mass is 9.53. The first-order valence-corrected chi connectivity index (χ1v) is 11.0. The van der Waals surface area contributed by atoms with Gasteiger partial charge in [-0.25, -0.2) is 0 Å². The Bertz CT molecular complexity index is 795. The summed E-state index contributed by atoms with van der Waals surface area (Å²) in [5.41, 5.74) is 2.46. The molecule has 0 amide bonds. The van der Waals surface area contributed by atoms with Crippen LogP contribution < -0.4 is 0 Å². The Labute approximate surface area is 172 Å². The van der Waals surface area contributed by atoms with E-state index in [1.54, 1.807) is 0 Å². The zero-order valence-corrected chi connectivity index (χ0v) is 17.6. The first kappa shape index (κ1) is 20.8. The smallest absolute Gasteiger partial charge is 0.303 e. The summed E-state index contributed by atoms with van der Waals surface area (Å²) >= 11 is 0. The summed E-state index contributed by atoms with van der Waals surface area (Å²) in [6, 6.07) is 0. The van der Waals surface area contributed by atoms with Crippen LogP contribution in [-0.4, -0.2) is 44.7 Å². The van der Waals surface area contributed by atoms with E-state index < -0.39 is 29.7 Å². The van der Waals surface area contributed by atoms with Crippen LogP contribution in [0.15, 0.2) is 34.9 Å². The van der Waals surface area contributed by atoms with Crippen molar-refractivity contribution < 1.29 is 25.2 Å². The van der Waals surface area contributed by atoms with Crippen molar-refractivity contribution in [2.45, 2.75) is 77.6 Å². The van der Waals surface area contributed by atoms with Crippen molar-refractivity contribution in [3.63, 3.8) is 0 Å². The van der Waals surface area contributed by atoms with Gasteiger partial charge in [0, 0.05) is 17.3 Å². The highest BCUT2D eigenvalue weighted by molar-refractivity contribution is 5.66. The van der Waals surface area contributed by atoms with E-state index in [4.69, 9.17) is 5.11 Å². The minimum atomic E-state index is -0.780. The largest absolute Gasteiger partial charge is 0.481 e. The lowest BCUT2D eigenvalue weighted by molar-refractivity contribution is -0.137. The third-order valence-electron chi connectivity index (χ3n) is 8.64. The minimum absolute atomic E-state index is 0.145. The Morgan fingerprint density at radius 1 is 1.24 bits per heavy atom. The van der Waals surface area contributed by atoms with Gasteiger partial charge < -0.3 is 20.4 Å². The lowest BCUT2D eigenvalue weighted by Gasteiger charge is -2.53. The highest BCUT2D eigenvalue weighted by Gasteiger charge is 2.56. The monoisotopic (exact) mass is 402 g/mol. The number of rotatable bonds is 4. The number of carboxylic acid groups (broad SMARTS) is 1. The quantitative estimate of drug-likeness (QED) is 0.542. The van der Waals surface area contributed by atoms with Crippen LogP contribution in [0, 0.1) is 28.6 Å². The van der Waals surface area contributed by atoms with Gasteiger partial charge in [-0.1, -0.05) is 44.6 Å². The third kappa shape index (κ3) is 3.05. The summed E-state index contributed by atoms with van der Waals surface area (Å²) in [6.45, 7) is 6.36. The van der Waals surface area contributed by atoms with E-state index in [1.807, 2.05) is 12.2 Å². The number of carboxylic acids is 1. The number of hydrogen-bond acceptors (Lipinski definition) is 4. The molecule has 4 N–H and O–H groups in total. The van der Waals surface area contributed by atoms with Crippen LogP contribution in [0.5, 0.6) is 0 Å². The summed E-state index contributed by atoms with van der Waals surface area (Å²) in [4.78, 5) is 11.0. The van der Waals surface area contributed by atoms with Crippen molar-refractivity contribution in [3.8, 4) is 0 Å². The summed E-state index contributed by atoms with van der Waals surface area (Å²) in [7, 11) is 0. The summed E-state index contributed by atoms with van der Waals surface area (Å²) < 4.78 is 0. The van der Waals surface area contributed by atoms with Crippen LogP contribution >= 0.6 is 0 Å². The van der Waals surface area contributed by atoms with Gasteiger partial charge in [-0.2, -0.15) is 0 Å². The molecule has 0 bridgehead atoms. The van der Waals surface area contributed by atoms with E-state index in [0.717, 1.165) is 24.0 Å². The fourth-order valence-electron chi connectivity index (χ4n) is 6.88. The number of aliphatic carboxylic acids is 1. The maximum atomic E-state index is 11.3. The molecule has 160 valence electrons. The SMILES string of the molecule is C[C@H](CCC(=O)O)[C@H]1CCC2=C3C(=C[C@H](O)[C@@]21C)[C@@]1(C)C=C[C@@H](O)C[C@H]1C[C@H]3O. The molecule has 0 unspecified atom stereocenters. The van der Waals surface area contributed by atoms with Crippen LogP contribution in [-0.2, 0) is 4.79 Å². The summed E-state index contributed by atoms with van der Waals surface area (Å²) in [5, 5.41) is 41.6. The fraction of sp³-hybridized carbons (Fsp3) is 0.708. The first-order valence-electron chi connectivity index (χ1n) is 11.0. The lowest BCUT2D eigenvalue weighted by Crippen LogP contribution is -2.49. The van der Waals surface area contributed by atoms with Gasteiger partial charge in [0.2, 0.25) is 0 Å². The minimum Gasteiger partial charge on any atom is -0.481 e. The molecule has 0 aliphatic heterocycles. The van der Waals surface area contributed by atoms with Crippen molar-refractivity contribution in [1.82, 2.24) is 0 Å². The zero-order chi connectivity index (χ0) is 21.1. The van der Waals surface area contributed by atoms with E-state index in [0.29, 0.717) is 19.3 Å². The molecular formula is C24H34O5. The average molecular weight is 403 g/mol. The Morgan fingerprint density at radius 2 is 1.97 bits per heavy atom. The number of allylic oxidation sites excluding steroid dienone is 1. The van der Waals surface area contributed by atoms with Gasteiger partial charge in [0.05, 0.1) is 18.3 Å². The molecule has 4 rings (SSSR count). The normalized spacial score (nSPS) is 44.6. The molecular weight excluding hydrogens is 368 g/mol. The number of aliphatic hydroxyl groups excluding tert-OH is 3. The van der Waals surface area contributed by atoms with Crippen LogP contribution in [0.1, 0.15) is 59.3 Å². The second-order valence-corrected chi connectivity index (χ2v) is 10.1. The molecule has 0 saturated heterocycles. The first-order chi connectivity index (χ1) is 13.6. The topological polar surface area (TPSA) is 98.0 Å². The Kier molecular flexibility index (Phi) is 5.08. The molecule has 5 nitrogen and oxygen atoms in total. The molecule has 2 saturated carbocycles. The van der Waals surface area contributed by atoms with Gasteiger partial charge >= 0.3 is 5.97 Å². The number of aliphatic hydroxyl groups is 3. The second kappa shape index (κ2) is 7.07. The molecule has 0 aromatic rings. The van der Waals surface area contributed by atoms with E-state index in [2.05, 4.69) is 26.8 Å². The molecule has 4 aliphatic rings. The molecule has 29 heavy (non-hydrogen) atoms. The fourth-order valence-corrected chi connectivity index (χ4v) is 6.88. The zero-order valence-electron chi connectivity index (χ0n) is 17.6. The van der Waals surface area contributed by atoms with Crippen LogP contribution in [0.2, 0.25) is 0 Å². The van der Waals surface area contributed by atoms with E-state index in [-0.39, 0.29) is 29.6 Å². The molecule has 0 aromatic heterocycles. The van der Waals surface area contributed by atoms with E-state index >= 15 is 0 Å². The van der Waals surface area contributed by atoms with Gasteiger partial charge in [0.15, 0.2) is 0 Å². The predicted octanol–water partition coefficient (Wildman–Crippen LogP) is 3.21. The van der Waals surface area contributed by atoms with Gasteiger partial charge in [0.25, 0.3) is 0 Å². The molecule has 2 fully saturated rings. The van der Waals surface area contributed by atoms with Crippen molar-refractivity contribution >= 4 is 5.97 Å². The third-order valence-corrected chi connectivity index (χ3v) is 8.64. The molecule has 0 aromatic carbocycles. The average Bonchev–Trinajstić information content (AvgIpc) is 3.01. The number of fused-ring (bicyclic) bond motifs is 4. The van der Waals surface area contributed by atoms with Crippen molar-refractivity contribution in [3.05, 3.63) is 34.9 Å². The highest BCUT2D eigenvalue weighted by Crippen LogP contribution is 2.63. The van der Waals surface area contributed by atoms with Gasteiger partial charge in [-0.15, -0.1) is 0 Å². The van der Waals surface area contributed by atoms with E-state index in [9.17, 15) is 20.1 Å². The van der Waals surface area contributed by atoms with Crippen LogP contribution in [0.25, 0.3) is 0 Å². The highest BCUT2D eigenvalue weighted by atomic mass is 16.4. The maximum absolute atomic E-state index is 11.3. The van der Waals surface area contributed by atoms with Crippen molar-refractivity contribution in [2.75, 3.05) is 0 Å². The summed E-state index contributed by atoms with van der Waals surface area (Å²) in [6.07, 6.45) is 7.93. The van der Waals surface area contributed by atoms with Crippen molar-refractivity contribution in [2.24, 2.45) is 28.6 Å². The Hall–Kier alpha value is -1.43. The second-order valence-electron chi connectivity index (χ2n) is 10.1. The Morgan fingerprint density at radius 3 is 2.66 bits per heavy atom. The maximum Gasteiger partial charge on any atom is 0.303 e. The summed E-state index contributed by atoms with van der Waals surface area (Å²) in [5.74, 6) is -0.250.